The predicted octanol–water partition coefficient (Wildman–Crippen LogP) is 3.08. The average molecular weight is 413 g/mol. The van der Waals surface area contributed by atoms with E-state index in [0.29, 0.717) is 28.7 Å². The van der Waals surface area contributed by atoms with Crippen LogP contribution in [0.2, 0.25) is 0 Å². The SMILES string of the molecule is C[C@H](OC(=O)COc1cccc2c1OC(C)(C)C2)C(=O)Nc1ccc2c(c1)OCO2. The Kier molecular flexibility index (Phi) is 5.15. The van der Waals surface area contributed by atoms with Gasteiger partial charge in [-0.1, -0.05) is 12.1 Å². The van der Waals surface area contributed by atoms with Crippen molar-refractivity contribution in [3.05, 3.63) is 42.0 Å². The number of anilines is 1. The molecule has 0 saturated heterocycles. The van der Waals surface area contributed by atoms with Crippen molar-refractivity contribution in [1.29, 1.82) is 0 Å². The van der Waals surface area contributed by atoms with E-state index in [9.17, 15) is 9.59 Å². The summed E-state index contributed by atoms with van der Waals surface area (Å²) < 4.78 is 27.2. The van der Waals surface area contributed by atoms with Crippen molar-refractivity contribution in [3.8, 4) is 23.0 Å². The van der Waals surface area contributed by atoms with Gasteiger partial charge in [0.05, 0.1) is 0 Å². The molecular weight excluding hydrogens is 390 g/mol. The fourth-order valence-corrected chi connectivity index (χ4v) is 3.34. The first-order valence-corrected chi connectivity index (χ1v) is 9.64. The molecule has 158 valence electrons. The first kappa shape index (κ1) is 19.9. The van der Waals surface area contributed by atoms with Crippen LogP contribution in [0.3, 0.4) is 0 Å². The highest BCUT2D eigenvalue weighted by Crippen LogP contribution is 2.41. The van der Waals surface area contributed by atoms with E-state index in [2.05, 4.69) is 5.32 Å². The molecule has 2 aromatic rings. The summed E-state index contributed by atoms with van der Waals surface area (Å²) in [7, 11) is 0. The molecule has 2 aliphatic rings. The maximum atomic E-state index is 12.3. The summed E-state index contributed by atoms with van der Waals surface area (Å²) >= 11 is 0. The topological polar surface area (TPSA) is 92.3 Å². The average Bonchev–Trinajstić information content (AvgIpc) is 3.28. The number of benzene rings is 2. The predicted molar refractivity (Wildman–Crippen MR) is 107 cm³/mol. The third-order valence-corrected chi connectivity index (χ3v) is 4.72. The minimum absolute atomic E-state index is 0.147. The summed E-state index contributed by atoms with van der Waals surface area (Å²) in [4.78, 5) is 24.5. The largest absolute Gasteiger partial charge is 0.483 e. The molecule has 1 N–H and O–H groups in total. The molecule has 0 fully saturated rings. The minimum atomic E-state index is -0.997. The normalized spacial score (nSPS) is 16.2. The Morgan fingerprint density at radius 2 is 1.97 bits per heavy atom. The lowest BCUT2D eigenvalue weighted by atomic mass is 10.0. The molecule has 2 heterocycles. The van der Waals surface area contributed by atoms with Crippen LogP contribution >= 0.6 is 0 Å². The second-order valence-corrected chi connectivity index (χ2v) is 7.76. The minimum Gasteiger partial charge on any atom is -0.483 e. The van der Waals surface area contributed by atoms with Crippen LogP contribution in [0.5, 0.6) is 23.0 Å². The van der Waals surface area contributed by atoms with Crippen LogP contribution in [-0.4, -0.2) is 37.0 Å². The second-order valence-electron chi connectivity index (χ2n) is 7.76. The van der Waals surface area contributed by atoms with Crippen molar-refractivity contribution >= 4 is 17.6 Å². The van der Waals surface area contributed by atoms with Crippen LogP contribution in [-0.2, 0) is 20.7 Å². The Hall–Kier alpha value is -3.42. The Bertz CT molecular complexity index is 985. The van der Waals surface area contributed by atoms with E-state index in [4.69, 9.17) is 23.7 Å². The Morgan fingerprint density at radius 1 is 1.17 bits per heavy atom. The third kappa shape index (κ3) is 4.27. The number of esters is 1. The van der Waals surface area contributed by atoms with Gasteiger partial charge in [-0.2, -0.15) is 0 Å². The van der Waals surface area contributed by atoms with Crippen molar-refractivity contribution in [2.24, 2.45) is 0 Å². The number of carbonyl (C=O) groups excluding carboxylic acids is 2. The van der Waals surface area contributed by atoms with Crippen molar-refractivity contribution in [2.45, 2.75) is 38.9 Å². The van der Waals surface area contributed by atoms with E-state index >= 15 is 0 Å². The van der Waals surface area contributed by atoms with Gasteiger partial charge in [0, 0.05) is 23.7 Å². The Morgan fingerprint density at radius 3 is 2.80 bits per heavy atom. The van der Waals surface area contributed by atoms with E-state index in [1.165, 1.54) is 6.92 Å². The van der Waals surface area contributed by atoms with Gasteiger partial charge in [-0.3, -0.25) is 4.79 Å². The van der Waals surface area contributed by atoms with E-state index < -0.39 is 18.0 Å². The molecule has 0 bridgehead atoms. The summed E-state index contributed by atoms with van der Waals surface area (Å²) in [6.45, 7) is 5.29. The van der Waals surface area contributed by atoms with E-state index in [1.54, 1.807) is 24.3 Å². The number of hydrogen-bond donors (Lipinski definition) is 1. The quantitative estimate of drug-likeness (QED) is 0.728. The van der Waals surface area contributed by atoms with E-state index in [0.717, 1.165) is 12.0 Å². The Balaban J connectivity index is 1.29. The maximum absolute atomic E-state index is 12.3. The summed E-state index contributed by atoms with van der Waals surface area (Å²) in [6, 6.07) is 10.6. The molecule has 0 saturated carbocycles. The van der Waals surface area contributed by atoms with Gasteiger partial charge in [0.2, 0.25) is 6.79 Å². The highest BCUT2D eigenvalue weighted by atomic mass is 16.7. The van der Waals surface area contributed by atoms with E-state index in [1.807, 2.05) is 26.0 Å². The van der Waals surface area contributed by atoms with Crippen LogP contribution in [0.25, 0.3) is 0 Å². The molecule has 4 rings (SSSR count). The highest BCUT2D eigenvalue weighted by Gasteiger charge is 2.32. The highest BCUT2D eigenvalue weighted by molar-refractivity contribution is 5.95. The molecule has 1 amide bonds. The molecule has 2 aromatic carbocycles. The molecule has 2 aliphatic heterocycles. The van der Waals surface area contributed by atoms with Crippen LogP contribution < -0.4 is 24.3 Å². The summed E-state index contributed by atoms with van der Waals surface area (Å²) in [5.74, 6) is 1.17. The molecule has 8 nitrogen and oxygen atoms in total. The van der Waals surface area contributed by atoms with Gasteiger partial charge in [0.1, 0.15) is 5.60 Å². The van der Waals surface area contributed by atoms with Crippen molar-refractivity contribution < 1.29 is 33.3 Å². The fraction of sp³-hybridized carbons (Fsp3) is 0.364. The van der Waals surface area contributed by atoms with Crippen LogP contribution in [0.4, 0.5) is 5.69 Å². The van der Waals surface area contributed by atoms with Gasteiger partial charge >= 0.3 is 5.97 Å². The number of ether oxygens (including phenoxy) is 5. The van der Waals surface area contributed by atoms with Crippen LogP contribution in [0, 0.1) is 0 Å². The first-order valence-electron chi connectivity index (χ1n) is 9.64. The van der Waals surface area contributed by atoms with Gasteiger partial charge in [-0.05, 0) is 39.0 Å². The van der Waals surface area contributed by atoms with Gasteiger partial charge in [0.25, 0.3) is 5.91 Å². The number of rotatable bonds is 6. The number of nitrogens with one attached hydrogen (secondary N) is 1. The molecule has 0 aliphatic carbocycles. The molecule has 0 spiro atoms. The second kappa shape index (κ2) is 7.78. The lowest BCUT2D eigenvalue weighted by Crippen LogP contribution is -2.31. The summed E-state index contributed by atoms with van der Waals surface area (Å²) in [5, 5.41) is 2.68. The van der Waals surface area contributed by atoms with Crippen molar-refractivity contribution in [2.75, 3.05) is 18.7 Å². The zero-order valence-electron chi connectivity index (χ0n) is 17.0. The standard InChI is InChI=1S/C22H23NO7/c1-13(21(25)23-15-7-8-16-18(9-15)28-12-27-16)29-19(24)11-26-17-6-4-5-14-10-22(2,3)30-20(14)17/h4-9,13H,10-12H2,1-3H3,(H,23,25)/t13-/m0/s1. The zero-order chi connectivity index (χ0) is 21.3. The number of hydrogen-bond acceptors (Lipinski definition) is 7. The van der Waals surface area contributed by atoms with Gasteiger partial charge < -0.3 is 29.0 Å². The van der Waals surface area contributed by atoms with Gasteiger partial charge in [-0.25, -0.2) is 4.79 Å². The fourth-order valence-electron chi connectivity index (χ4n) is 3.34. The van der Waals surface area contributed by atoms with Crippen molar-refractivity contribution in [3.63, 3.8) is 0 Å². The lowest BCUT2D eigenvalue weighted by molar-refractivity contribution is -0.155. The molecule has 30 heavy (non-hydrogen) atoms. The molecule has 0 radical (unpaired) electrons. The van der Waals surface area contributed by atoms with E-state index in [-0.39, 0.29) is 19.0 Å². The van der Waals surface area contributed by atoms with Crippen LogP contribution in [0.15, 0.2) is 36.4 Å². The number of carbonyl (C=O) groups is 2. The Labute approximate surface area is 174 Å². The number of amides is 1. The molecule has 8 heteroatoms. The zero-order valence-corrected chi connectivity index (χ0v) is 17.0. The smallest absolute Gasteiger partial charge is 0.344 e. The van der Waals surface area contributed by atoms with Crippen molar-refractivity contribution in [1.82, 2.24) is 0 Å². The molecular formula is C22H23NO7. The van der Waals surface area contributed by atoms with Gasteiger partial charge in [0.15, 0.2) is 35.7 Å². The summed E-state index contributed by atoms with van der Waals surface area (Å²) in [5.41, 5.74) is 1.23. The lowest BCUT2D eigenvalue weighted by Gasteiger charge is -2.18. The number of fused-ring (bicyclic) bond motifs is 2. The summed E-state index contributed by atoms with van der Waals surface area (Å²) in [6.07, 6.45) is -0.232. The number of para-hydroxylation sites is 1. The van der Waals surface area contributed by atoms with Gasteiger partial charge in [-0.15, -0.1) is 0 Å². The molecule has 1 atom stereocenters. The monoisotopic (exact) mass is 413 g/mol. The molecule has 0 aromatic heterocycles. The third-order valence-electron chi connectivity index (χ3n) is 4.72. The van der Waals surface area contributed by atoms with Crippen LogP contribution in [0.1, 0.15) is 26.3 Å². The molecule has 0 unspecified atom stereocenters. The maximum Gasteiger partial charge on any atom is 0.344 e. The first-order chi connectivity index (χ1) is 14.3.